The van der Waals surface area contributed by atoms with E-state index in [2.05, 4.69) is 16.0 Å². The van der Waals surface area contributed by atoms with Crippen LogP contribution in [0, 0.1) is 5.41 Å². The van der Waals surface area contributed by atoms with Crippen LogP contribution in [0.1, 0.15) is 29.8 Å². The van der Waals surface area contributed by atoms with E-state index in [1.54, 1.807) is 39.1 Å². The molecule has 0 saturated heterocycles. The molecule has 0 radical (unpaired) electrons. The number of carbonyl (C=O) groups is 3. The van der Waals surface area contributed by atoms with E-state index in [0.717, 1.165) is 11.3 Å². The summed E-state index contributed by atoms with van der Waals surface area (Å²) in [5.41, 5.74) is 1.37. The number of benzene rings is 1. The number of nitrogens with one attached hydrogen (secondary N) is 3. The minimum Gasteiger partial charge on any atom is -0.359 e. The van der Waals surface area contributed by atoms with Crippen molar-refractivity contribution in [2.45, 2.75) is 20.3 Å². The molecular weight excluding hydrogens is 270 g/mol. The zero-order chi connectivity index (χ0) is 15.6. The van der Waals surface area contributed by atoms with E-state index in [-0.39, 0.29) is 24.3 Å². The standard InChI is InChI=1S/C15H19N3O3/c1-15(2,14(21)16-3)8-17-13(20)9-4-5-11-10(6-9)7-12(19)18-11/h4-6H,7-8H2,1-3H3,(H,16,21)(H,17,20)(H,18,19). The molecule has 6 heteroatoms. The van der Waals surface area contributed by atoms with Crippen molar-refractivity contribution in [1.29, 1.82) is 0 Å². The number of amides is 3. The van der Waals surface area contributed by atoms with Gasteiger partial charge in [-0.25, -0.2) is 0 Å². The molecule has 6 nitrogen and oxygen atoms in total. The van der Waals surface area contributed by atoms with Crippen LogP contribution in [-0.2, 0) is 16.0 Å². The SMILES string of the molecule is CNC(=O)C(C)(C)CNC(=O)c1ccc2c(c1)CC(=O)N2. The van der Waals surface area contributed by atoms with Gasteiger partial charge in [0.2, 0.25) is 11.8 Å². The van der Waals surface area contributed by atoms with Crippen LogP contribution in [0.5, 0.6) is 0 Å². The van der Waals surface area contributed by atoms with Gasteiger partial charge in [0, 0.05) is 24.8 Å². The second-order valence-corrected chi connectivity index (χ2v) is 5.74. The molecule has 1 aliphatic heterocycles. The summed E-state index contributed by atoms with van der Waals surface area (Å²) in [6, 6.07) is 5.08. The summed E-state index contributed by atoms with van der Waals surface area (Å²) in [4.78, 5) is 35.1. The Balaban J connectivity index is 2.03. The van der Waals surface area contributed by atoms with Crippen molar-refractivity contribution in [3.8, 4) is 0 Å². The van der Waals surface area contributed by atoms with Gasteiger partial charge < -0.3 is 16.0 Å². The number of anilines is 1. The van der Waals surface area contributed by atoms with Gasteiger partial charge in [0.05, 0.1) is 11.8 Å². The molecule has 112 valence electrons. The third kappa shape index (κ3) is 3.21. The maximum atomic E-state index is 12.1. The molecule has 0 bridgehead atoms. The van der Waals surface area contributed by atoms with Gasteiger partial charge in [-0.15, -0.1) is 0 Å². The highest BCUT2D eigenvalue weighted by Gasteiger charge is 2.27. The Bertz CT molecular complexity index is 608. The van der Waals surface area contributed by atoms with Gasteiger partial charge in [0.15, 0.2) is 0 Å². The van der Waals surface area contributed by atoms with Crippen LogP contribution in [0.2, 0.25) is 0 Å². The average molecular weight is 289 g/mol. The van der Waals surface area contributed by atoms with Crippen molar-refractivity contribution in [3.63, 3.8) is 0 Å². The Morgan fingerprint density at radius 2 is 2.05 bits per heavy atom. The fourth-order valence-corrected chi connectivity index (χ4v) is 2.19. The predicted octanol–water partition coefficient (Wildman–Crippen LogP) is 0.683. The van der Waals surface area contributed by atoms with Gasteiger partial charge in [0.1, 0.15) is 0 Å². The minimum atomic E-state index is -0.682. The third-order valence-corrected chi connectivity index (χ3v) is 3.53. The van der Waals surface area contributed by atoms with Crippen molar-refractivity contribution in [2.24, 2.45) is 5.41 Å². The second-order valence-electron chi connectivity index (χ2n) is 5.74. The van der Waals surface area contributed by atoms with Gasteiger partial charge in [-0.2, -0.15) is 0 Å². The summed E-state index contributed by atoms with van der Waals surface area (Å²) in [7, 11) is 1.57. The van der Waals surface area contributed by atoms with Gasteiger partial charge >= 0.3 is 0 Å². The number of fused-ring (bicyclic) bond motifs is 1. The second kappa shape index (κ2) is 5.55. The number of carbonyl (C=O) groups excluding carboxylic acids is 3. The largest absolute Gasteiger partial charge is 0.359 e. The molecule has 0 spiro atoms. The van der Waals surface area contributed by atoms with Crippen molar-refractivity contribution in [1.82, 2.24) is 10.6 Å². The zero-order valence-electron chi connectivity index (χ0n) is 12.4. The highest BCUT2D eigenvalue weighted by atomic mass is 16.2. The zero-order valence-corrected chi connectivity index (χ0v) is 12.4. The first-order chi connectivity index (χ1) is 9.83. The molecule has 1 aromatic rings. The van der Waals surface area contributed by atoms with Gasteiger partial charge in [0.25, 0.3) is 5.91 Å². The lowest BCUT2D eigenvalue weighted by atomic mass is 9.92. The van der Waals surface area contributed by atoms with Crippen LogP contribution < -0.4 is 16.0 Å². The van der Waals surface area contributed by atoms with Gasteiger partial charge in [-0.05, 0) is 37.6 Å². The van der Waals surface area contributed by atoms with Crippen molar-refractivity contribution >= 4 is 23.4 Å². The van der Waals surface area contributed by atoms with Crippen LogP contribution in [-0.4, -0.2) is 31.3 Å². The van der Waals surface area contributed by atoms with Crippen molar-refractivity contribution in [2.75, 3.05) is 18.9 Å². The van der Waals surface area contributed by atoms with Crippen molar-refractivity contribution < 1.29 is 14.4 Å². The summed E-state index contributed by atoms with van der Waals surface area (Å²) in [6.07, 6.45) is 0.292. The maximum Gasteiger partial charge on any atom is 0.251 e. The highest BCUT2D eigenvalue weighted by Crippen LogP contribution is 2.24. The lowest BCUT2D eigenvalue weighted by Crippen LogP contribution is -2.43. The van der Waals surface area contributed by atoms with Crippen molar-refractivity contribution in [3.05, 3.63) is 29.3 Å². The number of rotatable bonds is 4. The number of hydrogen-bond acceptors (Lipinski definition) is 3. The normalized spacial score (nSPS) is 13.4. The van der Waals surface area contributed by atoms with E-state index >= 15 is 0 Å². The first-order valence-electron chi connectivity index (χ1n) is 6.76. The van der Waals surface area contributed by atoms with E-state index in [0.29, 0.717) is 12.0 Å². The predicted molar refractivity (Wildman–Crippen MR) is 79.0 cm³/mol. The lowest BCUT2D eigenvalue weighted by molar-refractivity contribution is -0.128. The number of hydrogen-bond donors (Lipinski definition) is 3. The van der Waals surface area contributed by atoms with Gasteiger partial charge in [-0.1, -0.05) is 0 Å². The molecule has 0 aliphatic carbocycles. The first-order valence-corrected chi connectivity index (χ1v) is 6.76. The molecule has 0 unspecified atom stereocenters. The summed E-state index contributed by atoms with van der Waals surface area (Å²) < 4.78 is 0. The minimum absolute atomic E-state index is 0.0664. The highest BCUT2D eigenvalue weighted by molar-refractivity contribution is 6.01. The lowest BCUT2D eigenvalue weighted by Gasteiger charge is -2.22. The molecule has 1 aliphatic rings. The van der Waals surface area contributed by atoms with Crippen LogP contribution >= 0.6 is 0 Å². The fraction of sp³-hybridized carbons (Fsp3) is 0.400. The molecule has 1 aromatic carbocycles. The van der Waals surface area contributed by atoms with Crippen LogP contribution in [0.15, 0.2) is 18.2 Å². The Kier molecular flexibility index (Phi) is 3.97. The summed E-state index contributed by atoms with van der Waals surface area (Å²) in [5, 5.41) is 8.04. The molecule has 0 aromatic heterocycles. The van der Waals surface area contributed by atoms with E-state index in [9.17, 15) is 14.4 Å². The molecule has 3 amide bonds. The van der Waals surface area contributed by atoms with Crippen LogP contribution in [0.4, 0.5) is 5.69 Å². The van der Waals surface area contributed by atoms with E-state index < -0.39 is 5.41 Å². The molecule has 0 saturated carbocycles. The molecule has 2 rings (SSSR count). The van der Waals surface area contributed by atoms with E-state index in [1.807, 2.05) is 0 Å². The van der Waals surface area contributed by atoms with E-state index in [1.165, 1.54) is 0 Å². The average Bonchev–Trinajstić information content (AvgIpc) is 2.82. The fourth-order valence-electron chi connectivity index (χ4n) is 2.19. The van der Waals surface area contributed by atoms with Crippen LogP contribution in [0.25, 0.3) is 0 Å². The molecular formula is C15H19N3O3. The van der Waals surface area contributed by atoms with E-state index in [4.69, 9.17) is 0 Å². The summed E-state index contributed by atoms with van der Waals surface area (Å²) in [5.74, 6) is -0.455. The summed E-state index contributed by atoms with van der Waals surface area (Å²) >= 11 is 0. The monoisotopic (exact) mass is 289 g/mol. The topological polar surface area (TPSA) is 87.3 Å². The molecule has 0 atom stereocenters. The smallest absolute Gasteiger partial charge is 0.251 e. The molecule has 0 fully saturated rings. The molecule has 3 N–H and O–H groups in total. The Morgan fingerprint density at radius 3 is 2.71 bits per heavy atom. The molecule has 1 heterocycles. The maximum absolute atomic E-state index is 12.1. The Hall–Kier alpha value is -2.37. The quantitative estimate of drug-likeness (QED) is 0.762. The third-order valence-electron chi connectivity index (χ3n) is 3.53. The van der Waals surface area contributed by atoms with Gasteiger partial charge in [-0.3, -0.25) is 14.4 Å². The molecule has 21 heavy (non-hydrogen) atoms. The Labute approximate surface area is 123 Å². The first kappa shape index (κ1) is 15.0. The van der Waals surface area contributed by atoms with Crippen LogP contribution in [0.3, 0.4) is 0 Å². The summed E-state index contributed by atoms with van der Waals surface area (Å²) in [6.45, 7) is 3.76. The Morgan fingerprint density at radius 1 is 1.33 bits per heavy atom.